The number of nitrogens with zero attached hydrogens (tertiary/aromatic N) is 1. The van der Waals surface area contributed by atoms with Gasteiger partial charge in [0.25, 0.3) is 0 Å². The fraction of sp³-hybridized carbons (Fsp3) is 0.122. The summed E-state index contributed by atoms with van der Waals surface area (Å²) in [5.74, 6) is 0. The van der Waals surface area contributed by atoms with Gasteiger partial charge in [-0.05, 0) is 75.1 Å². The summed E-state index contributed by atoms with van der Waals surface area (Å²) in [5, 5.41) is 0. The first-order chi connectivity index (χ1) is 20.4. The second-order valence-corrected chi connectivity index (χ2v) is 11.2. The van der Waals surface area contributed by atoms with Crippen molar-refractivity contribution in [2.45, 2.75) is 26.7 Å². The third-order valence-electron chi connectivity index (χ3n) is 8.05. The van der Waals surface area contributed by atoms with Crippen molar-refractivity contribution < 1.29 is 0 Å². The van der Waals surface area contributed by atoms with Crippen LogP contribution in [0.5, 0.6) is 0 Å². The molecule has 2 aromatic carbocycles. The van der Waals surface area contributed by atoms with E-state index in [1.165, 1.54) is 33.4 Å². The van der Waals surface area contributed by atoms with Crippen molar-refractivity contribution in [2.75, 3.05) is 4.90 Å². The first kappa shape index (κ1) is 28.6. The van der Waals surface area contributed by atoms with Crippen LogP contribution < -0.4 is 4.90 Å². The van der Waals surface area contributed by atoms with E-state index in [0.717, 1.165) is 35.2 Å². The molecular weight excluding hydrogens is 506 g/mol. The van der Waals surface area contributed by atoms with Crippen molar-refractivity contribution in [1.82, 2.24) is 0 Å². The molecule has 0 aromatic heterocycles. The SMILES string of the molecule is C=C/C=C\C=CC1=CC2=C(C1)C(=C/N(/C=C(\C=C/C=C)c1ccccc1)c1ccccc1)/C(=C1/CC=CC1=C)C2(C)C. The van der Waals surface area contributed by atoms with Gasteiger partial charge in [-0.15, -0.1) is 0 Å². The first-order valence-electron chi connectivity index (χ1n) is 14.6. The highest BCUT2D eigenvalue weighted by molar-refractivity contribution is 5.79. The average Bonchev–Trinajstić information content (AvgIpc) is 3.68. The van der Waals surface area contributed by atoms with Crippen LogP contribution in [-0.2, 0) is 0 Å². The Bertz CT molecular complexity index is 1650. The zero-order valence-corrected chi connectivity index (χ0v) is 24.8. The molecular formula is C41H39N. The van der Waals surface area contributed by atoms with Gasteiger partial charge in [0.1, 0.15) is 0 Å². The van der Waals surface area contributed by atoms with E-state index >= 15 is 0 Å². The number of rotatable bonds is 9. The molecule has 1 nitrogen and oxygen atoms in total. The van der Waals surface area contributed by atoms with Crippen molar-refractivity contribution in [3.05, 3.63) is 204 Å². The van der Waals surface area contributed by atoms with E-state index in [-0.39, 0.29) is 5.41 Å². The van der Waals surface area contributed by atoms with E-state index in [1.807, 2.05) is 24.3 Å². The van der Waals surface area contributed by atoms with Crippen LogP contribution in [0.2, 0.25) is 0 Å². The summed E-state index contributed by atoms with van der Waals surface area (Å²) in [4.78, 5) is 2.28. The Kier molecular flexibility index (Phi) is 8.69. The highest BCUT2D eigenvalue weighted by Crippen LogP contribution is 2.57. The molecule has 0 atom stereocenters. The van der Waals surface area contributed by atoms with Gasteiger partial charge in [-0.1, -0.05) is 149 Å². The minimum absolute atomic E-state index is 0.144. The van der Waals surface area contributed by atoms with Crippen LogP contribution in [0.3, 0.4) is 0 Å². The molecule has 5 rings (SSSR count). The zero-order chi connectivity index (χ0) is 29.5. The lowest BCUT2D eigenvalue weighted by Gasteiger charge is -2.28. The number of para-hydroxylation sites is 1. The molecule has 42 heavy (non-hydrogen) atoms. The highest BCUT2D eigenvalue weighted by Gasteiger charge is 2.43. The third kappa shape index (κ3) is 5.92. The van der Waals surface area contributed by atoms with Crippen LogP contribution in [-0.4, -0.2) is 0 Å². The van der Waals surface area contributed by atoms with E-state index in [4.69, 9.17) is 0 Å². The smallest absolute Gasteiger partial charge is 0.0449 e. The van der Waals surface area contributed by atoms with Gasteiger partial charge in [-0.25, -0.2) is 0 Å². The number of anilines is 1. The van der Waals surface area contributed by atoms with Crippen LogP contribution in [0, 0.1) is 5.41 Å². The molecule has 0 radical (unpaired) electrons. The average molecular weight is 546 g/mol. The minimum atomic E-state index is -0.144. The zero-order valence-electron chi connectivity index (χ0n) is 24.8. The Balaban J connectivity index is 1.70. The van der Waals surface area contributed by atoms with Gasteiger partial charge in [-0.2, -0.15) is 0 Å². The van der Waals surface area contributed by atoms with Crippen LogP contribution in [0.25, 0.3) is 5.57 Å². The molecule has 0 saturated heterocycles. The molecule has 0 amide bonds. The summed E-state index contributed by atoms with van der Waals surface area (Å²) in [6.07, 6.45) is 29.2. The quantitative estimate of drug-likeness (QED) is 0.283. The largest absolute Gasteiger partial charge is 0.323 e. The Morgan fingerprint density at radius 3 is 2.24 bits per heavy atom. The van der Waals surface area contributed by atoms with Crippen molar-refractivity contribution in [3.8, 4) is 0 Å². The van der Waals surface area contributed by atoms with Crippen LogP contribution >= 0.6 is 0 Å². The van der Waals surface area contributed by atoms with E-state index in [0.29, 0.717) is 0 Å². The second-order valence-electron chi connectivity index (χ2n) is 11.2. The molecule has 1 heteroatoms. The van der Waals surface area contributed by atoms with Gasteiger partial charge >= 0.3 is 0 Å². The molecule has 0 saturated carbocycles. The summed E-state index contributed by atoms with van der Waals surface area (Å²) in [7, 11) is 0. The van der Waals surface area contributed by atoms with Crippen LogP contribution in [0.15, 0.2) is 199 Å². The van der Waals surface area contributed by atoms with Gasteiger partial charge in [0, 0.05) is 23.5 Å². The second kappa shape index (κ2) is 12.7. The highest BCUT2D eigenvalue weighted by atomic mass is 15.1. The normalized spacial score (nSPS) is 20.9. The molecule has 0 unspecified atom stereocenters. The van der Waals surface area contributed by atoms with Gasteiger partial charge in [0.15, 0.2) is 0 Å². The van der Waals surface area contributed by atoms with E-state index < -0.39 is 0 Å². The molecule has 2 aromatic rings. The molecule has 208 valence electrons. The molecule has 0 N–H and O–H groups in total. The molecule has 0 aliphatic heterocycles. The molecule has 0 heterocycles. The topological polar surface area (TPSA) is 3.24 Å². The van der Waals surface area contributed by atoms with Crippen LogP contribution in [0.1, 0.15) is 32.3 Å². The van der Waals surface area contributed by atoms with Crippen molar-refractivity contribution >= 4 is 11.3 Å². The first-order valence-corrected chi connectivity index (χ1v) is 14.6. The maximum absolute atomic E-state index is 4.43. The lowest BCUT2D eigenvalue weighted by molar-refractivity contribution is 0.573. The van der Waals surface area contributed by atoms with E-state index in [2.05, 4.69) is 148 Å². The van der Waals surface area contributed by atoms with Gasteiger partial charge < -0.3 is 4.90 Å². The standard InChI is InChI=1S/C41H39N/c1-6-8-10-13-20-32-27-37-38(40(36-26-18-19-31(36)3)41(4,5)39(37)28-32)30-42(35-24-16-12-17-25-35)29-34(21-9-7-2)33-22-14-11-15-23-33/h6-25,28-30H,1-3,26-27H2,4-5H3/b10-8-,20-13?,21-9-,34-29+,38-30-,40-36+. The Morgan fingerprint density at radius 1 is 0.857 bits per heavy atom. The predicted molar refractivity (Wildman–Crippen MR) is 183 cm³/mol. The Morgan fingerprint density at radius 2 is 1.57 bits per heavy atom. The van der Waals surface area contributed by atoms with Gasteiger partial charge in [0.2, 0.25) is 0 Å². The maximum atomic E-state index is 4.43. The molecule has 0 fully saturated rings. The van der Waals surface area contributed by atoms with E-state index in [1.54, 1.807) is 6.08 Å². The minimum Gasteiger partial charge on any atom is -0.323 e. The summed E-state index contributed by atoms with van der Waals surface area (Å²) in [6.45, 7) is 16.8. The van der Waals surface area contributed by atoms with Gasteiger partial charge in [-0.3, -0.25) is 0 Å². The molecule has 0 spiro atoms. The number of benzene rings is 2. The van der Waals surface area contributed by atoms with Crippen molar-refractivity contribution in [1.29, 1.82) is 0 Å². The lowest BCUT2D eigenvalue weighted by Crippen LogP contribution is -2.17. The Labute approximate surface area is 252 Å². The summed E-state index contributed by atoms with van der Waals surface area (Å²) in [5.41, 5.74) is 12.4. The summed E-state index contributed by atoms with van der Waals surface area (Å²) < 4.78 is 0. The molecule has 3 aliphatic carbocycles. The third-order valence-corrected chi connectivity index (χ3v) is 8.05. The van der Waals surface area contributed by atoms with E-state index in [9.17, 15) is 0 Å². The predicted octanol–water partition coefficient (Wildman–Crippen LogP) is 10.9. The summed E-state index contributed by atoms with van der Waals surface area (Å²) in [6, 6.07) is 21.1. The fourth-order valence-electron chi connectivity index (χ4n) is 6.06. The van der Waals surface area contributed by atoms with Gasteiger partial charge in [0.05, 0.1) is 0 Å². The summed E-state index contributed by atoms with van der Waals surface area (Å²) >= 11 is 0. The molecule has 3 aliphatic rings. The van der Waals surface area contributed by atoms with Crippen molar-refractivity contribution in [2.24, 2.45) is 5.41 Å². The van der Waals surface area contributed by atoms with Crippen molar-refractivity contribution in [3.63, 3.8) is 0 Å². The van der Waals surface area contributed by atoms with Crippen LogP contribution in [0.4, 0.5) is 5.69 Å². The number of hydrogen-bond donors (Lipinski definition) is 0. The fourth-order valence-corrected chi connectivity index (χ4v) is 6.06. The number of hydrogen-bond acceptors (Lipinski definition) is 1. The monoisotopic (exact) mass is 545 g/mol. The Hall–Kier alpha value is -4.88. The lowest BCUT2D eigenvalue weighted by atomic mass is 9.77. The number of allylic oxidation sites excluding steroid dienone is 19. The molecule has 0 bridgehead atoms. The maximum Gasteiger partial charge on any atom is 0.0449 e.